The molecule has 2 heterocycles. The Morgan fingerprint density at radius 2 is 2.58 bits per heavy atom. The zero-order valence-corrected chi connectivity index (χ0v) is 7.17. The average Bonchev–Trinajstić information content (AvgIpc) is 2.57. The molecule has 0 atom stereocenters. The van der Waals surface area contributed by atoms with E-state index in [9.17, 15) is 4.79 Å². The van der Waals surface area contributed by atoms with Crippen LogP contribution in [0, 0.1) is 0 Å². The molecule has 1 aromatic heterocycles. The Labute approximate surface area is 73.4 Å². The number of nitrogens with one attached hydrogen (secondary N) is 1. The molecule has 1 aliphatic rings. The van der Waals surface area contributed by atoms with Gasteiger partial charge in [0.2, 0.25) is 5.13 Å². The third-order valence-electron chi connectivity index (χ3n) is 1.66. The number of amides is 2. The zero-order valence-electron chi connectivity index (χ0n) is 6.36. The van der Waals surface area contributed by atoms with Gasteiger partial charge in [-0.1, -0.05) is 11.3 Å². The lowest BCUT2D eigenvalue weighted by Crippen LogP contribution is -2.46. The summed E-state index contributed by atoms with van der Waals surface area (Å²) in [6.45, 7) is 1.50. The molecule has 1 N–H and O–H groups in total. The maximum absolute atomic E-state index is 11.2. The summed E-state index contributed by atoms with van der Waals surface area (Å²) in [5.74, 6) is 0. The monoisotopic (exact) mass is 184 g/mol. The first-order valence-electron chi connectivity index (χ1n) is 3.69. The molecule has 0 aliphatic carbocycles. The summed E-state index contributed by atoms with van der Waals surface area (Å²) in [6.07, 6.45) is 0.964. The predicted molar refractivity (Wildman–Crippen MR) is 45.3 cm³/mol. The molecular weight excluding hydrogens is 176 g/mol. The SMILES string of the molecule is O=C1NCCCN1c1nncs1. The molecule has 5 nitrogen and oxygen atoms in total. The van der Waals surface area contributed by atoms with Gasteiger partial charge in [0.15, 0.2) is 0 Å². The number of carbonyl (C=O) groups excluding carboxylic acids is 1. The first kappa shape index (κ1) is 7.48. The van der Waals surface area contributed by atoms with Crippen LogP contribution in [-0.4, -0.2) is 29.3 Å². The quantitative estimate of drug-likeness (QED) is 0.689. The molecule has 0 unspecified atom stereocenters. The normalized spacial score (nSPS) is 17.7. The van der Waals surface area contributed by atoms with Crippen LogP contribution in [0.1, 0.15) is 6.42 Å². The van der Waals surface area contributed by atoms with Gasteiger partial charge < -0.3 is 5.32 Å². The number of hydrogen-bond acceptors (Lipinski definition) is 4. The van der Waals surface area contributed by atoms with Crippen LogP contribution in [0.2, 0.25) is 0 Å². The highest BCUT2D eigenvalue weighted by molar-refractivity contribution is 7.13. The van der Waals surface area contributed by atoms with Gasteiger partial charge in [0.1, 0.15) is 5.51 Å². The van der Waals surface area contributed by atoms with Crippen molar-refractivity contribution >= 4 is 22.5 Å². The predicted octanol–water partition coefficient (Wildman–Crippen LogP) is 0.458. The van der Waals surface area contributed by atoms with Gasteiger partial charge in [0, 0.05) is 13.1 Å². The van der Waals surface area contributed by atoms with Crippen molar-refractivity contribution in [2.45, 2.75) is 6.42 Å². The van der Waals surface area contributed by atoms with Crippen molar-refractivity contribution in [3.05, 3.63) is 5.51 Å². The minimum absolute atomic E-state index is 0.0713. The fourth-order valence-electron chi connectivity index (χ4n) is 1.10. The number of aromatic nitrogens is 2. The molecule has 1 fully saturated rings. The number of carbonyl (C=O) groups is 1. The molecule has 2 amide bonds. The third-order valence-corrected chi connectivity index (χ3v) is 2.37. The number of anilines is 1. The lowest BCUT2D eigenvalue weighted by molar-refractivity contribution is 0.243. The van der Waals surface area contributed by atoms with Gasteiger partial charge in [0.25, 0.3) is 0 Å². The van der Waals surface area contributed by atoms with Gasteiger partial charge in [0.05, 0.1) is 0 Å². The van der Waals surface area contributed by atoms with Gasteiger partial charge in [-0.25, -0.2) is 4.79 Å². The Kier molecular flexibility index (Phi) is 1.91. The Morgan fingerprint density at radius 1 is 1.67 bits per heavy atom. The lowest BCUT2D eigenvalue weighted by atomic mass is 10.3. The van der Waals surface area contributed by atoms with Crippen molar-refractivity contribution in [3.8, 4) is 0 Å². The first-order chi connectivity index (χ1) is 5.88. The van der Waals surface area contributed by atoms with E-state index in [4.69, 9.17) is 0 Å². The maximum atomic E-state index is 11.2. The summed E-state index contributed by atoms with van der Waals surface area (Å²) < 4.78 is 0. The van der Waals surface area contributed by atoms with Crippen LogP contribution in [0.15, 0.2) is 5.51 Å². The molecule has 1 aromatic rings. The maximum Gasteiger partial charge on any atom is 0.323 e. The second-order valence-corrected chi connectivity index (χ2v) is 3.27. The van der Waals surface area contributed by atoms with Gasteiger partial charge >= 0.3 is 6.03 Å². The van der Waals surface area contributed by atoms with Crippen molar-refractivity contribution < 1.29 is 4.79 Å². The molecule has 0 aromatic carbocycles. The summed E-state index contributed by atoms with van der Waals surface area (Å²) >= 11 is 1.38. The van der Waals surface area contributed by atoms with Crippen LogP contribution in [-0.2, 0) is 0 Å². The van der Waals surface area contributed by atoms with Gasteiger partial charge in [-0.05, 0) is 6.42 Å². The second kappa shape index (κ2) is 3.06. The van der Waals surface area contributed by atoms with Crippen molar-refractivity contribution in [2.75, 3.05) is 18.0 Å². The van der Waals surface area contributed by atoms with E-state index in [1.54, 1.807) is 10.4 Å². The molecule has 6 heteroatoms. The van der Waals surface area contributed by atoms with E-state index in [2.05, 4.69) is 15.5 Å². The number of urea groups is 1. The standard InChI is InChI=1S/C6H8N4OS/c11-5-7-2-1-3-10(5)6-9-8-4-12-6/h4H,1-3H2,(H,7,11). The minimum Gasteiger partial charge on any atom is -0.338 e. The van der Waals surface area contributed by atoms with E-state index in [0.29, 0.717) is 5.13 Å². The molecule has 0 saturated carbocycles. The lowest BCUT2D eigenvalue weighted by Gasteiger charge is -2.24. The largest absolute Gasteiger partial charge is 0.338 e. The van der Waals surface area contributed by atoms with E-state index >= 15 is 0 Å². The molecule has 0 spiro atoms. The summed E-state index contributed by atoms with van der Waals surface area (Å²) in [4.78, 5) is 12.9. The Morgan fingerprint density at radius 3 is 3.25 bits per heavy atom. The van der Waals surface area contributed by atoms with Crippen LogP contribution in [0.25, 0.3) is 0 Å². The van der Waals surface area contributed by atoms with Gasteiger partial charge in [-0.15, -0.1) is 10.2 Å². The number of hydrogen-bond donors (Lipinski definition) is 1. The van der Waals surface area contributed by atoms with Crippen molar-refractivity contribution in [1.82, 2.24) is 15.5 Å². The fourth-order valence-corrected chi connectivity index (χ4v) is 1.68. The summed E-state index contributed by atoms with van der Waals surface area (Å²) in [5, 5.41) is 10.9. The Bertz CT molecular complexity index is 273. The minimum atomic E-state index is -0.0713. The van der Waals surface area contributed by atoms with E-state index < -0.39 is 0 Å². The first-order valence-corrected chi connectivity index (χ1v) is 4.57. The Balaban J connectivity index is 2.17. The van der Waals surface area contributed by atoms with Gasteiger partial charge in [-0.3, -0.25) is 4.90 Å². The van der Waals surface area contributed by atoms with Crippen LogP contribution in [0.3, 0.4) is 0 Å². The van der Waals surface area contributed by atoms with E-state index in [0.717, 1.165) is 19.5 Å². The molecule has 12 heavy (non-hydrogen) atoms. The second-order valence-electron chi connectivity index (χ2n) is 2.46. The van der Waals surface area contributed by atoms with Crippen molar-refractivity contribution in [2.24, 2.45) is 0 Å². The topological polar surface area (TPSA) is 58.1 Å². The molecule has 2 rings (SSSR count). The van der Waals surface area contributed by atoms with E-state index in [-0.39, 0.29) is 6.03 Å². The highest BCUT2D eigenvalue weighted by atomic mass is 32.1. The van der Waals surface area contributed by atoms with E-state index in [1.165, 1.54) is 11.3 Å². The molecule has 1 saturated heterocycles. The smallest absolute Gasteiger partial charge is 0.323 e. The molecular formula is C6H8N4OS. The number of nitrogens with zero attached hydrogens (tertiary/aromatic N) is 3. The summed E-state index contributed by atoms with van der Waals surface area (Å²) in [5.41, 5.74) is 1.62. The fraction of sp³-hybridized carbons (Fsp3) is 0.500. The highest BCUT2D eigenvalue weighted by Gasteiger charge is 2.20. The molecule has 0 bridgehead atoms. The molecule has 64 valence electrons. The van der Waals surface area contributed by atoms with Crippen LogP contribution < -0.4 is 10.2 Å². The van der Waals surface area contributed by atoms with Crippen LogP contribution in [0.5, 0.6) is 0 Å². The highest BCUT2D eigenvalue weighted by Crippen LogP contribution is 2.17. The van der Waals surface area contributed by atoms with Crippen LogP contribution >= 0.6 is 11.3 Å². The van der Waals surface area contributed by atoms with Crippen molar-refractivity contribution in [1.29, 1.82) is 0 Å². The molecule has 0 radical (unpaired) electrons. The summed E-state index contributed by atoms with van der Waals surface area (Å²) in [7, 11) is 0. The number of rotatable bonds is 1. The summed E-state index contributed by atoms with van der Waals surface area (Å²) in [6, 6.07) is -0.0713. The third kappa shape index (κ3) is 1.25. The average molecular weight is 184 g/mol. The molecule has 1 aliphatic heterocycles. The van der Waals surface area contributed by atoms with Gasteiger partial charge in [-0.2, -0.15) is 0 Å². The Hall–Kier alpha value is -1.17. The van der Waals surface area contributed by atoms with Crippen molar-refractivity contribution in [3.63, 3.8) is 0 Å². The zero-order chi connectivity index (χ0) is 8.39. The van der Waals surface area contributed by atoms with E-state index in [1.807, 2.05) is 0 Å². The van der Waals surface area contributed by atoms with Crippen LogP contribution in [0.4, 0.5) is 9.93 Å².